The Kier molecular flexibility index (Phi) is 13.4. The Labute approximate surface area is 316 Å². The van der Waals surface area contributed by atoms with E-state index >= 15 is 0 Å². The Bertz CT molecular complexity index is 1790. The molecule has 0 spiro atoms. The molecule has 3 aliphatic rings. The van der Waals surface area contributed by atoms with Crippen LogP contribution in [0.4, 0.5) is 35.5 Å². The molecule has 1 fully saturated rings. The molecule has 2 atom stereocenters. The van der Waals surface area contributed by atoms with E-state index < -0.39 is 54.3 Å². The maximum absolute atomic E-state index is 13.9. The Hall–Kier alpha value is -5.55. The highest BCUT2D eigenvalue weighted by molar-refractivity contribution is 5.98. The van der Waals surface area contributed by atoms with E-state index in [-0.39, 0.29) is 56.1 Å². The topological polar surface area (TPSA) is 175 Å². The molecule has 298 valence electrons. The number of alkyl halides is 3. The number of nitrogens with one attached hydrogen (secondary N) is 3. The van der Waals surface area contributed by atoms with E-state index in [1.54, 1.807) is 27.7 Å². The van der Waals surface area contributed by atoms with Gasteiger partial charge in [-0.2, -0.15) is 28.1 Å². The summed E-state index contributed by atoms with van der Waals surface area (Å²) in [6.45, 7) is 6.34. The van der Waals surface area contributed by atoms with Gasteiger partial charge in [-0.3, -0.25) is 9.59 Å². The summed E-state index contributed by atoms with van der Waals surface area (Å²) in [5, 5.41) is 8.82. The number of halogens is 3. The number of rotatable bonds is 6. The van der Waals surface area contributed by atoms with E-state index in [0.717, 1.165) is 24.8 Å². The first-order valence-electron chi connectivity index (χ1n) is 18.1. The van der Waals surface area contributed by atoms with Gasteiger partial charge >= 0.3 is 24.2 Å². The Balaban J connectivity index is 1.41. The van der Waals surface area contributed by atoms with Crippen LogP contribution in [0.1, 0.15) is 69.3 Å². The maximum Gasteiger partial charge on any atom is 0.422 e. The van der Waals surface area contributed by atoms with Gasteiger partial charge in [-0.1, -0.05) is 12.1 Å². The van der Waals surface area contributed by atoms with Gasteiger partial charge in [-0.25, -0.2) is 4.79 Å². The van der Waals surface area contributed by atoms with Crippen LogP contribution < -0.4 is 30.2 Å². The van der Waals surface area contributed by atoms with E-state index in [0.29, 0.717) is 24.5 Å². The number of esters is 1. The standard InChI is InChI=1S/C37H46F3N7O8/c1-5-51-31(49)27-20-47(35(50)55-36(2,3)4)21-28(27)43-30(48)26-15-12-24-18-29(26)53-17-9-7-6-8-16-52-25-13-10-23(11-14-25)19-41-32-44-33(42-24)46-34(45-32)54-22-37(38,39)40/h10-15,18,27-28H,5-9,16-17,19-22H2,1-4H3,(H,43,48)(H2,41,42,44,45,46)/t27-,28?/m1/s1. The Morgan fingerprint density at radius 1 is 0.927 bits per heavy atom. The predicted molar refractivity (Wildman–Crippen MR) is 194 cm³/mol. The highest BCUT2D eigenvalue weighted by Gasteiger charge is 2.43. The number of amides is 2. The average molecular weight is 774 g/mol. The summed E-state index contributed by atoms with van der Waals surface area (Å²) in [6.07, 6.45) is -2.08. The summed E-state index contributed by atoms with van der Waals surface area (Å²) >= 11 is 0. The number of fused-ring (bicyclic) bond motifs is 10. The van der Waals surface area contributed by atoms with E-state index in [2.05, 4.69) is 30.9 Å². The second-order valence-electron chi connectivity index (χ2n) is 13.9. The van der Waals surface area contributed by atoms with Crippen molar-refractivity contribution in [2.45, 2.75) is 77.7 Å². The van der Waals surface area contributed by atoms with Crippen LogP contribution in [0.25, 0.3) is 0 Å². The van der Waals surface area contributed by atoms with Crippen molar-refractivity contribution in [1.82, 2.24) is 25.2 Å². The van der Waals surface area contributed by atoms with Gasteiger partial charge in [0.2, 0.25) is 11.9 Å². The average Bonchev–Trinajstić information content (AvgIpc) is 3.54. The summed E-state index contributed by atoms with van der Waals surface area (Å²) in [6, 6.07) is 10.5. The lowest BCUT2D eigenvalue weighted by Gasteiger charge is -2.24. The largest absolute Gasteiger partial charge is 0.494 e. The fourth-order valence-electron chi connectivity index (χ4n) is 5.71. The summed E-state index contributed by atoms with van der Waals surface area (Å²) in [5.41, 5.74) is 0.536. The molecule has 6 rings (SSSR count). The van der Waals surface area contributed by atoms with E-state index in [1.807, 2.05) is 24.3 Å². The summed E-state index contributed by atoms with van der Waals surface area (Å²) in [7, 11) is 0. The minimum Gasteiger partial charge on any atom is -0.494 e. The number of aromatic nitrogens is 3. The monoisotopic (exact) mass is 773 g/mol. The molecule has 1 saturated heterocycles. The number of hydrogen-bond acceptors (Lipinski definition) is 13. The Morgan fingerprint density at radius 2 is 1.64 bits per heavy atom. The number of nitrogens with zero attached hydrogens (tertiary/aromatic N) is 4. The third-order valence-electron chi connectivity index (χ3n) is 8.28. The SMILES string of the molecule is CCOC(=O)[C@@H]1CN(C(=O)OC(C)(C)C)CC1NC(=O)c1ccc2cc1OCCCCCCOc1ccc(cc1)CNc1nc(nc(OCC(F)(F)F)n1)N2. The molecular formula is C37H46F3N7O8. The highest BCUT2D eigenvalue weighted by Crippen LogP contribution is 2.29. The van der Waals surface area contributed by atoms with Crippen molar-refractivity contribution >= 4 is 35.6 Å². The molecule has 55 heavy (non-hydrogen) atoms. The van der Waals surface area contributed by atoms with Gasteiger partial charge < -0.3 is 44.5 Å². The van der Waals surface area contributed by atoms with Crippen LogP contribution in [0.15, 0.2) is 42.5 Å². The lowest BCUT2D eigenvalue weighted by atomic mass is 10.0. The molecule has 6 bridgehead atoms. The van der Waals surface area contributed by atoms with Crippen LogP contribution in [0, 0.1) is 5.92 Å². The molecule has 0 radical (unpaired) electrons. The van der Waals surface area contributed by atoms with Crippen molar-refractivity contribution in [1.29, 1.82) is 0 Å². The second kappa shape index (κ2) is 18.2. The molecule has 18 heteroatoms. The molecule has 3 N–H and O–H groups in total. The smallest absolute Gasteiger partial charge is 0.422 e. The predicted octanol–water partition coefficient (Wildman–Crippen LogP) is 6.03. The maximum atomic E-state index is 13.9. The van der Waals surface area contributed by atoms with Crippen LogP contribution >= 0.6 is 0 Å². The normalized spacial score (nSPS) is 18.0. The molecule has 0 saturated carbocycles. The van der Waals surface area contributed by atoms with Crippen molar-refractivity contribution in [3.8, 4) is 17.5 Å². The third kappa shape index (κ3) is 12.5. The number of likely N-dealkylation sites (tertiary alicyclic amines) is 1. The van der Waals surface area contributed by atoms with Crippen LogP contribution in [-0.2, 0) is 20.8 Å². The summed E-state index contributed by atoms with van der Waals surface area (Å²) in [5.74, 6) is -1.32. The van der Waals surface area contributed by atoms with Gasteiger partial charge in [0, 0.05) is 31.4 Å². The summed E-state index contributed by atoms with van der Waals surface area (Å²) in [4.78, 5) is 53.4. The number of benzene rings is 2. The Morgan fingerprint density at radius 3 is 2.33 bits per heavy atom. The highest BCUT2D eigenvalue weighted by atomic mass is 19.4. The zero-order valence-electron chi connectivity index (χ0n) is 31.2. The van der Waals surface area contributed by atoms with E-state index in [9.17, 15) is 27.6 Å². The van der Waals surface area contributed by atoms with E-state index in [1.165, 1.54) is 23.1 Å². The lowest BCUT2D eigenvalue weighted by Crippen LogP contribution is -2.44. The van der Waals surface area contributed by atoms with Crippen molar-refractivity contribution < 1.29 is 51.2 Å². The van der Waals surface area contributed by atoms with Crippen LogP contribution in [-0.4, -0.2) is 95.2 Å². The number of carbonyl (C=O) groups is 3. The minimum atomic E-state index is -4.63. The number of anilines is 3. The quantitative estimate of drug-likeness (QED) is 0.248. The number of hydrogen-bond donors (Lipinski definition) is 3. The molecule has 3 aromatic rings. The summed E-state index contributed by atoms with van der Waals surface area (Å²) < 4.78 is 66.7. The van der Waals surface area contributed by atoms with Crippen LogP contribution in [0.2, 0.25) is 0 Å². The molecule has 3 aliphatic heterocycles. The number of carbonyl (C=O) groups excluding carboxylic acids is 3. The molecule has 15 nitrogen and oxygen atoms in total. The second-order valence-corrected chi connectivity index (χ2v) is 13.9. The molecule has 2 aromatic carbocycles. The van der Waals surface area contributed by atoms with Crippen molar-refractivity contribution in [3.63, 3.8) is 0 Å². The van der Waals surface area contributed by atoms with Gasteiger partial charge in [0.05, 0.1) is 37.3 Å². The molecule has 2 amide bonds. The zero-order valence-corrected chi connectivity index (χ0v) is 31.2. The minimum absolute atomic E-state index is 0.00278. The first kappa shape index (κ1) is 40.6. The zero-order chi connectivity index (χ0) is 39.6. The van der Waals surface area contributed by atoms with Gasteiger partial charge in [0.25, 0.3) is 5.91 Å². The van der Waals surface area contributed by atoms with Crippen molar-refractivity contribution in [2.24, 2.45) is 5.92 Å². The fourth-order valence-corrected chi connectivity index (χ4v) is 5.71. The van der Waals surface area contributed by atoms with Crippen LogP contribution in [0.5, 0.6) is 17.5 Å². The van der Waals surface area contributed by atoms with Crippen LogP contribution in [0.3, 0.4) is 0 Å². The first-order valence-corrected chi connectivity index (χ1v) is 18.1. The molecule has 1 unspecified atom stereocenters. The van der Waals surface area contributed by atoms with Crippen molar-refractivity contribution in [3.05, 3.63) is 53.6 Å². The van der Waals surface area contributed by atoms with E-state index in [4.69, 9.17) is 23.7 Å². The van der Waals surface area contributed by atoms with Gasteiger partial charge in [0.15, 0.2) is 6.61 Å². The molecule has 1 aromatic heterocycles. The van der Waals surface area contributed by atoms with Gasteiger partial charge in [-0.15, -0.1) is 0 Å². The fraction of sp³-hybridized carbons (Fsp3) is 0.514. The van der Waals surface area contributed by atoms with Crippen molar-refractivity contribution in [2.75, 3.05) is 50.2 Å². The molecule has 0 aliphatic carbocycles. The number of ether oxygens (including phenoxy) is 5. The molecular weight excluding hydrogens is 727 g/mol. The lowest BCUT2D eigenvalue weighted by molar-refractivity contribution is -0.154. The van der Waals surface area contributed by atoms with Gasteiger partial charge in [-0.05, 0) is 83.2 Å². The first-order chi connectivity index (χ1) is 26.2. The molecule has 4 heterocycles. The third-order valence-corrected chi connectivity index (χ3v) is 8.28. The van der Waals surface area contributed by atoms with Gasteiger partial charge in [0.1, 0.15) is 17.1 Å².